The van der Waals surface area contributed by atoms with Crippen molar-refractivity contribution in [3.05, 3.63) is 18.2 Å². The fraction of sp³-hybridized carbons (Fsp3) is 0.562. The van der Waals surface area contributed by atoms with Gasteiger partial charge >= 0.3 is 0 Å². The molecular formula is C16H26ClN3O4S. The van der Waals surface area contributed by atoms with E-state index >= 15 is 0 Å². The zero-order valence-corrected chi connectivity index (χ0v) is 16.5. The van der Waals surface area contributed by atoms with Crippen molar-refractivity contribution >= 4 is 34.0 Å². The van der Waals surface area contributed by atoms with E-state index in [-0.39, 0.29) is 34.9 Å². The number of carbonyl (C=O) groups is 1. The monoisotopic (exact) mass is 391 g/mol. The van der Waals surface area contributed by atoms with Gasteiger partial charge in [0.25, 0.3) is 0 Å². The summed E-state index contributed by atoms with van der Waals surface area (Å²) < 4.78 is 31.5. The number of sulfonamides is 1. The molecule has 1 saturated heterocycles. The quantitative estimate of drug-likeness (QED) is 0.736. The average molecular weight is 392 g/mol. The second-order valence-corrected chi connectivity index (χ2v) is 8.20. The predicted octanol–water partition coefficient (Wildman–Crippen LogP) is 1.55. The lowest BCUT2D eigenvalue weighted by molar-refractivity contribution is -0.121. The number of nitrogens with one attached hydrogen (secondary N) is 2. The Bertz CT molecular complexity index is 705. The molecule has 7 nitrogen and oxygen atoms in total. The lowest BCUT2D eigenvalue weighted by Crippen LogP contribution is -2.48. The van der Waals surface area contributed by atoms with Crippen molar-refractivity contribution in [2.75, 3.05) is 39.1 Å². The van der Waals surface area contributed by atoms with Gasteiger partial charge in [-0.2, -0.15) is 0 Å². The van der Waals surface area contributed by atoms with Crippen molar-refractivity contribution in [3.8, 4) is 5.75 Å². The molecule has 1 aliphatic heterocycles. The zero-order valence-electron chi connectivity index (χ0n) is 14.9. The summed E-state index contributed by atoms with van der Waals surface area (Å²) >= 11 is 0. The normalized spacial score (nSPS) is 15.9. The molecule has 1 fully saturated rings. The Morgan fingerprint density at radius 3 is 2.52 bits per heavy atom. The predicted molar refractivity (Wildman–Crippen MR) is 99.9 cm³/mol. The maximum Gasteiger partial charge on any atom is 0.246 e. The van der Waals surface area contributed by atoms with Crippen LogP contribution in [0, 0.1) is 11.8 Å². The molecule has 0 aliphatic carbocycles. The minimum atomic E-state index is -3.67. The summed E-state index contributed by atoms with van der Waals surface area (Å²) in [5.74, 6) is 0.351. The Hall–Kier alpha value is -1.35. The number of anilines is 1. The number of ether oxygens (including phenoxy) is 1. The van der Waals surface area contributed by atoms with Crippen LogP contribution in [0.15, 0.2) is 23.1 Å². The van der Waals surface area contributed by atoms with Crippen molar-refractivity contribution in [1.82, 2.24) is 9.62 Å². The number of nitrogens with zero attached hydrogens (tertiary/aromatic N) is 1. The third kappa shape index (κ3) is 4.84. The first-order valence-electron chi connectivity index (χ1n) is 7.98. The van der Waals surface area contributed by atoms with E-state index in [9.17, 15) is 13.2 Å². The smallest absolute Gasteiger partial charge is 0.246 e. The molecule has 25 heavy (non-hydrogen) atoms. The third-order valence-electron chi connectivity index (χ3n) is 4.20. The van der Waals surface area contributed by atoms with Crippen LogP contribution < -0.4 is 15.4 Å². The number of benzene rings is 1. The van der Waals surface area contributed by atoms with Crippen LogP contribution in [-0.2, 0) is 14.8 Å². The molecule has 1 heterocycles. The van der Waals surface area contributed by atoms with Crippen LogP contribution in [0.2, 0.25) is 0 Å². The van der Waals surface area contributed by atoms with E-state index in [1.165, 1.54) is 20.2 Å². The molecule has 1 aromatic rings. The molecule has 1 unspecified atom stereocenters. The van der Waals surface area contributed by atoms with Crippen molar-refractivity contribution in [2.45, 2.75) is 18.7 Å². The van der Waals surface area contributed by atoms with Gasteiger partial charge in [0.05, 0.1) is 6.61 Å². The summed E-state index contributed by atoms with van der Waals surface area (Å²) in [6.07, 6.45) is 0. The second-order valence-electron chi connectivity index (χ2n) is 6.08. The molecule has 1 aliphatic rings. The first kappa shape index (κ1) is 21.7. The molecule has 0 bridgehead atoms. The SMILES string of the molecule is CCOc1ccc(NC(=O)C(C)C2CNC2)cc1S(=O)(=O)N(C)C.Cl. The Labute approximate surface area is 155 Å². The van der Waals surface area contributed by atoms with Crippen molar-refractivity contribution in [1.29, 1.82) is 0 Å². The minimum absolute atomic E-state index is 0. The molecule has 0 radical (unpaired) electrons. The highest BCUT2D eigenvalue weighted by atomic mass is 35.5. The van der Waals surface area contributed by atoms with Crippen molar-refractivity contribution in [2.24, 2.45) is 11.8 Å². The van der Waals surface area contributed by atoms with Gasteiger partial charge in [-0.15, -0.1) is 12.4 Å². The molecule has 1 atom stereocenters. The van der Waals surface area contributed by atoms with Gasteiger partial charge in [0.1, 0.15) is 10.6 Å². The molecule has 0 spiro atoms. The van der Waals surface area contributed by atoms with E-state index in [0.29, 0.717) is 18.2 Å². The highest BCUT2D eigenvalue weighted by Crippen LogP contribution is 2.29. The molecule has 0 aromatic heterocycles. The molecule has 142 valence electrons. The van der Waals surface area contributed by atoms with Gasteiger partial charge in [-0.25, -0.2) is 12.7 Å². The van der Waals surface area contributed by atoms with Gasteiger partial charge in [-0.3, -0.25) is 4.79 Å². The molecule has 1 amide bonds. The van der Waals surface area contributed by atoms with Crippen molar-refractivity contribution in [3.63, 3.8) is 0 Å². The van der Waals surface area contributed by atoms with Crippen LogP contribution in [0.4, 0.5) is 5.69 Å². The van der Waals surface area contributed by atoms with E-state index in [4.69, 9.17) is 4.74 Å². The van der Waals surface area contributed by atoms with E-state index in [1.807, 2.05) is 6.92 Å². The first-order chi connectivity index (χ1) is 11.3. The van der Waals surface area contributed by atoms with Gasteiger partial charge in [0.2, 0.25) is 15.9 Å². The van der Waals surface area contributed by atoms with Crippen LogP contribution >= 0.6 is 12.4 Å². The molecular weight excluding hydrogens is 366 g/mol. The summed E-state index contributed by atoms with van der Waals surface area (Å²) in [5.41, 5.74) is 0.447. The summed E-state index contributed by atoms with van der Waals surface area (Å²) in [6.45, 7) is 5.69. The topological polar surface area (TPSA) is 87.7 Å². The molecule has 9 heteroatoms. The van der Waals surface area contributed by atoms with Crippen LogP contribution in [0.5, 0.6) is 5.75 Å². The Kier molecular flexibility index (Phi) is 7.67. The molecule has 0 saturated carbocycles. The number of hydrogen-bond donors (Lipinski definition) is 2. The van der Waals surface area contributed by atoms with Gasteiger partial charge in [-0.1, -0.05) is 6.92 Å². The van der Waals surface area contributed by atoms with Gasteiger partial charge in [-0.05, 0) is 44.1 Å². The second kappa shape index (κ2) is 8.84. The Morgan fingerprint density at radius 2 is 2.04 bits per heavy atom. The summed E-state index contributed by atoms with van der Waals surface area (Å²) in [6, 6.07) is 4.68. The van der Waals surface area contributed by atoms with Crippen LogP contribution in [0.1, 0.15) is 13.8 Å². The van der Waals surface area contributed by atoms with Gasteiger partial charge in [0, 0.05) is 25.7 Å². The van der Waals surface area contributed by atoms with Gasteiger partial charge in [0.15, 0.2) is 0 Å². The molecule has 1 aromatic carbocycles. The fourth-order valence-electron chi connectivity index (χ4n) is 2.39. The third-order valence-corrected chi connectivity index (χ3v) is 6.04. The van der Waals surface area contributed by atoms with E-state index in [1.54, 1.807) is 19.1 Å². The minimum Gasteiger partial charge on any atom is -0.492 e. The zero-order chi connectivity index (χ0) is 17.9. The highest BCUT2D eigenvalue weighted by Gasteiger charge is 2.29. The maximum absolute atomic E-state index is 12.5. The Morgan fingerprint density at radius 1 is 1.40 bits per heavy atom. The highest BCUT2D eigenvalue weighted by molar-refractivity contribution is 7.89. The fourth-order valence-corrected chi connectivity index (χ4v) is 3.44. The average Bonchev–Trinajstić information content (AvgIpc) is 2.46. The lowest BCUT2D eigenvalue weighted by Gasteiger charge is -2.31. The Balaban J connectivity index is 0.00000312. The largest absolute Gasteiger partial charge is 0.492 e. The summed E-state index contributed by atoms with van der Waals surface area (Å²) in [7, 11) is -0.750. The van der Waals surface area contributed by atoms with Crippen LogP contribution in [0.3, 0.4) is 0 Å². The number of amides is 1. The van der Waals surface area contributed by atoms with E-state index < -0.39 is 10.0 Å². The summed E-state index contributed by atoms with van der Waals surface area (Å²) in [5, 5.41) is 5.95. The molecule has 2 N–H and O–H groups in total. The van der Waals surface area contributed by atoms with E-state index in [0.717, 1.165) is 17.4 Å². The van der Waals surface area contributed by atoms with Gasteiger partial charge < -0.3 is 15.4 Å². The summed E-state index contributed by atoms with van der Waals surface area (Å²) in [4.78, 5) is 12.4. The van der Waals surface area contributed by atoms with E-state index in [2.05, 4.69) is 10.6 Å². The first-order valence-corrected chi connectivity index (χ1v) is 9.42. The number of halogens is 1. The number of hydrogen-bond acceptors (Lipinski definition) is 5. The number of carbonyl (C=O) groups excluding carboxylic acids is 1. The molecule has 2 rings (SSSR count). The standard InChI is InChI=1S/C16H25N3O4S.ClH/c1-5-23-14-7-6-13(8-15(14)24(21,22)19(3)4)18-16(20)11(2)12-9-17-10-12;/h6-8,11-12,17H,5,9-10H2,1-4H3,(H,18,20);1H. The number of rotatable bonds is 7. The maximum atomic E-state index is 12.5. The lowest BCUT2D eigenvalue weighted by atomic mass is 9.88. The van der Waals surface area contributed by atoms with Crippen LogP contribution in [-0.4, -0.2) is 52.4 Å². The van der Waals surface area contributed by atoms with Crippen LogP contribution in [0.25, 0.3) is 0 Å². The van der Waals surface area contributed by atoms with Crippen molar-refractivity contribution < 1.29 is 17.9 Å².